The van der Waals surface area contributed by atoms with Crippen molar-refractivity contribution in [1.29, 1.82) is 0 Å². The molecule has 3 N–H and O–H groups in total. The highest BCUT2D eigenvalue weighted by molar-refractivity contribution is 7.99. The van der Waals surface area contributed by atoms with Crippen LogP contribution in [-0.2, 0) is 4.79 Å². The van der Waals surface area contributed by atoms with Gasteiger partial charge >= 0.3 is 0 Å². The molecule has 0 aliphatic rings. The van der Waals surface area contributed by atoms with E-state index in [1.807, 2.05) is 0 Å². The van der Waals surface area contributed by atoms with Crippen molar-refractivity contribution in [3.63, 3.8) is 0 Å². The first-order valence-corrected chi connectivity index (χ1v) is 8.76. The Morgan fingerprint density at radius 3 is 2.58 bits per heavy atom. The number of nitrogens with zero attached hydrogens (tertiary/aromatic N) is 2. The first-order valence-electron chi connectivity index (χ1n) is 7.77. The van der Waals surface area contributed by atoms with E-state index in [-0.39, 0.29) is 23.2 Å². The van der Waals surface area contributed by atoms with Crippen LogP contribution in [0.4, 0.5) is 5.69 Å². The fourth-order valence-corrected chi connectivity index (χ4v) is 2.82. The third-order valence-electron chi connectivity index (χ3n) is 3.53. The first kappa shape index (κ1) is 17.7. The molecule has 0 unspecified atom stereocenters. The molecule has 0 fully saturated rings. The summed E-state index contributed by atoms with van der Waals surface area (Å²) in [4.78, 5) is 27.5. The molecule has 2 aromatic carbocycles. The molecule has 0 bridgehead atoms. The van der Waals surface area contributed by atoms with Gasteiger partial charge in [-0.3, -0.25) is 14.7 Å². The molecule has 1 amide bonds. The summed E-state index contributed by atoms with van der Waals surface area (Å²) < 4.78 is 0. The van der Waals surface area contributed by atoms with Gasteiger partial charge in [-0.15, -0.1) is 5.10 Å². The molecule has 132 valence electrons. The predicted octanol–water partition coefficient (Wildman–Crippen LogP) is 3.11. The quantitative estimate of drug-likeness (QED) is 0.456. The van der Waals surface area contributed by atoms with Crippen LogP contribution in [0.3, 0.4) is 0 Å². The smallest absolute Gasteiger partial charge is 0.234 e. The standard InChI is InChI=1S/C18H16N4O3S/c1-11(23)12-6-8-13(9-7-12)19-16(25)10-26-18-20-17(21-22-18)14-4-2-3-5-15(14)24/h2-9,24H,10H2,1H3,(H,19,25)(H,20,21,22). The molecule has 0 radical (unpaired) electrons. The summed E-state index contributed by atoms with van der Waals surface area (Å²) in [6.45, 7) is 1.49. The molecule has 3 aromatic rings. The molecule has 0 aliphatic heterocycles. The fraction of sp³-hybridized carbons (Fsp3) is 0.111. The highest BCUT2D eigenvalue weighted by atomic mass is 32.2. The van der Waals surface area contributed by atoms with E-state index < -0.39 is 0 Å². The number of hydrogen-bond acceptors (Lipinski definition) is 6. The summed E-state index contributed by atoms with van der Waals surface area (Å²) in [5, 5.41) is 19.8. The third-order valence-corrected chi connectivity index (χ3v) is 4.38. The minimum Gasteiger partial charge on any atom is -0.507 e. The van der Waals surface area contributed by atoms with Crippen molar-refractivity contribution in [2.24, 2.45) is 0 Å². The SMILES string of the molecule is CC(=O)c1ccc(NC(=O)CSc2n[nH]c(-c3ccccc3O)n2)cc1. The minimum absolute atomic E-state index is 0.0247. The van der Waals surface area contributed by atoms with E-state index in [2.05, 4.69) is 20.5 Å². The van der Waals surface area contributed by atoms with Gasteiger partial charge in [0.15, 0.2) is 11.6 Å². The minimum atomic E-state index is -0.209. The number of anilines is 1. The number of aromatic hydroxyl groups is 1. The number of aromatic amines is 1. The summed E-state index contributed by atoms with van der Waals surface area (Å²) in [7, 11) is 0. The van der Waals surface area contributed by atoms with Gasteiger partial charge in [-0.2, -0.15) is 0 Å². The van der Waals surface area contributed by atoms with Crippen LogP contribution in [0.5, 0.6) is 5.75 Å². The Morgan fingerprint density at radius 1 is 1.15 bits per heavy atom. The normalized spacial score (nSPS) is 10.5. The van der Waals surface area contributed by atoms with Crippen LogP contribution in [0.25, 0.3) is 11.4 Å². The van der Waals surface area contributed by atoms with Gasteiger partial charge < -0.3 is 10.4 Å². The second-order valence-electron chi connectivity index (χ2n) is 5.45. The van der Waals surface area contributed by atoms with E-state index in [1.54, 1.807) is 48.5 Å². The average Bonchev–Trinajstić information content (AvgIpc) is 3.09. The number of H-pyrrole nitrogens is 1. The van der Waals surface area contributed by atoms with E-state index in [9.17, 15) is 14.7 Å². The zero-order chi connectivity index (χ0) is 18.5. The number of hydrogen-bond donors (Lipinski definition) is 3. The molecule has 0 spiro atoms. The Hall–Kier alpha value is -3.13. The van der Waals surface area contributed by atoms with Gasteiger partial charge in [0.25, 0.3) is 0 Å². The van der Waals surface area contributed by atoms with E-state index in [0.29, 0.717) is 27.8 Å². The largest absolute Gasteiger partial charge is 0.507 e. The Morgan fingerprint density at radius 2 is 1.88 bits per heavy atom. The van der Waals surface area contributed by atoms with Crippen molar-refractivity contribution in [1.82, 2.24) is 15.2 Å². The van der Waals surface area contributed by atoms with Crippen LogP contribution < -0.4 is 5.32 Å². The molecule has 0 atom stereocenters. The molecule has 1 aromatic heterocycles. The number of Topliss-reactive ketones (excluding diaryl/α,β-unsaturated/α-hetero) is 1. The lowest BCUT2D eigenvalue weighted by Crippen LogP contribution is -2.14. The molecule has 3 rings (SSSR count). The number of para-hydroxylation sites is 1. The number of thioether (sulfide) groups is 1. The highest BCUT2D eigenvalue weighted by Gasteiger charge is 2.11. The molecule has 0 saturated heterocycles. The monoisotopic (exact) mass is 368 g/mol. The van der Waals surface area contributed by atoms with Gasteiger partial charge in [-0.1, -0.05) is 23.9 Å². The summed E-state index contributed by atoms with van der Waals surface area (Å²) >= 11 is 1.18. The number of rotatable bonds is 6. The molecule has 26 heavy (non-hydrogen) atoms. The molecule has 8 heteroatoms. The van der Waals surface area contributed by atoms with Gasteiger partial charge in [0, 0.05) is 11.3 Å². The third kappa shape index (κ3) is 4.28. The van der Waals surface area contributed by atoms with Crippen LogP contribution in [0.15, 0.2) is 53.7 Å². The van der Waals surface area contributed by atoms with Crippen molar-refractivity contribution in [2.75, 3.05) is 11.1 Å². The lowest BCUT2D eigenvalue weighted by molar-refractivity contribution is -0.113. The zero-order valence-electron chi connectivity index (χ0n) is 13.9. The second kappa shape index (κ2) is 7.83. The van der Waals surface area contributed by atoms with E-state index in [1.165, 1.54) is 18.7 Å². The van der Waals surface area contributed by atoms with Gasteiger partial charge in [0.1, 0.15) is 5.75 Å². The Balaban J connectivity index is 1.56. The number of aromatic nitrogens is 3. The first-order chi connectivity index (χ1) is 12.5. The van der Waals surface area contributed by atoms with Crippen LogP contribution in [0.1, 0.15) is 17.3 Å². The van der Waals surface area contributed by atoms with Crippen molar-refractivity contribution in [2.45, 2.75) is 12.1 Å². The number of phenolic OH excluding ortho intramolecular Hbond substituents is 1. The Labute approximate surface area is 153 Å². The van der Waals surface area contributed by atoms with E-state index >= 15 is 0 Å². The summed E-state index contributed by atoms with van der Waals surface area (Å²) in [6, 6.07) is 13.5. The molecule has 0 aliphatic carbocycles. The summed E-state index contributed by atoms with van der Waals surface area (Å²) in [5.74, 6) is 0.438. The van der Waals surface area contributed by atoms with E-state index in [0.717, 1.165) is 0 Å². The summed E-state index contributed by atoms with van der Waals surface area (Å²) in [5.41, 5.74) is 1.75. The van der Waals surface area contributed by atoms with Gasteiger partial charge in [-0.05, 0) is 43.3 Å². The zero-order valence-corrected chi connectivity index (χ0v) is 14.7. The maximum Gasteiger partial charge on any atom is 0.234 e. The number of carbonyl (C=O) groups is 2. The number of carbonyl (C=O) groups excluding carboxylic acids is 2. The van der Waals surface area contributed by atoms with Crippen LogP contribution in [-0.4, -0.2) is 37.7 Å². The van der Waals surface area contributed by atoms with Gasteiger partial charge in [0.05, 0.1) is 11.3 Å². The van der Waals surface area contributed by atoms with Gasteiger partial charge in [0.2, 0.25) is 11.1 Å². The van der Waals surface area contributed by atoms with Crippen LogP contribution >= 0.6 is 11.8 Å². The highest BCUT2D eigenvalue weighted by Crippen LogP contribution is 2.26. The lowest BCUT2D eigenvalue weighted by Gasteiger charge is -2.04. The molecular formula is C18H16N4O3S. The maximum atomic E-state index is 12.0. The molecular weight excluding hydrogens is 352 g/mol. The second-order valence-corrected chi connectivity index (χ2v) is 6.40. The van der Waals surface area contributed by atoms with Crippen molar-refractivity contribution >= 4 is 29.1 Å². The van der Waals surface area contributed by atoms with E-state index in [4.69, 9.17) is 0 Å². The molecule has 0 saturated carbocycles. The Kier molecular flexibility index (Phi) is 5.33. The Bertz CT molecular complexity index is 938. The number of phenols is 1. The fourth-order valence-electron chi connectivity index (χ4n) is 2.22. The van der Waals surface area contributed by atoms with Gasteiger partial charge in [-0.25, -0.2) is 4.98 Å². The van der Waals surface area contributed by atoms with Crippen LogP contribution in [0, 0.1) is 0 Å². The number of benzene rings is 2. The summed E-state index contributed by atoms with van der Waals surface area (Å²) in [6.07, 6.45) is 0. The van der Waals surface area contributed by atoms with Crippen molar-refractivity contribution < 1.29 is 14.7 Å². The number of ketones is 1. The molecule has 1 heterocycles. The maximum absolute atomic E-state index is 12.0. The topological polar surface area (TPSA) is 108 Å². The number of nitrogens with one attached hydrogen (secondary N) is 2. The lowest BCUT2D eigenvalue weighted by atomic mass is 10.1. The predicted molar refractivity (Wildman–Crippen MR) is 99.3 cm³/mol. The average molecular weight is 368 g/mol. The van der Waals surface area contributed by atoms with Crippen molar-refractivity contribution in [3.05, 3.63) is 54.1 Å². The van der Waals surface area contributed by atoms with Crippen LogP contribution in [0.2, 0.25) is 0 Å². The molecule has 7 nitrogen and oxygen atoms in total. The number of amides is 1. The van der Waals surface area contributed by atoms with Crippen molar-refractivity contribution in [3.8, 4) is 17.1 Å².